The number of hydrogen-bond donors (Lipinski definition) is 1. The van der Waals surface area contributed by atoms with E-state index in [1.165, 1.54) is 25.3 Å². The van der Waals surface area contributed by atoms with Gasteiger partial charge in [-0.15, -0.1) is 0 Å². The zero-order chi connectivity index (χ0) is 20.3. The number of methoxy groups -OCH3 is 2. The van der Waals surface area contributed by atoms with Gasteiger partial charge in [0.05, 0.1) is 18.2 Å². The Morgan fingerprint density at radius 2 is 1.93 bits per heavy atom. The molecule has 1 aliphatic rings. The van der Waals surface area contributed by atoms with Crippen LogP contribution in [0.15, 0.2) is 18.2 Å². The topological polar surface area (TPSA) is 128 Å². The first-order chi connectivity index (χ1) is 13.5. The quantitative estimate of drug-likeness (QED) is 0.414. The number of amides is 3. The van der Waals surface area contributed by atoms with Crippen LogP contribution in [-0.4, -0.2) is 65.3 Å². The second kappa shape index (κ2) is 8.23. The molecule has 0 aliphatic carbocycles. The number of esters is 1. The maximum atomic E-state index is 12.5. The number of nitrogens with one attached hydrogen (secondary N) is 1. The molecule has 28 heavy (non-hydrogen) atoms. The van der Waals surface area contributed by atoms with Crippen molar-refractivity contribution < 1.29 is 28.7 Å². The number of hydrogen-bond acceptors (Lipinski definition) is 9. The zero-order valence-corrected chi connectivity index (χ0v) is 15.9. The molecule has 0 fully saturated rings. The first-order valence-corrected chi connectivity index (χ1v) is 8.96. The molecule has 0 bridgehead atoms. The van der Waals surface area contributed by atoms with E-state index in [0.717, 1.165) is 16.4 Å². The summed E-state index contributed by atoms with van der Waals surface area (Å²) in [5.41, 5.74) is 0.596. The highest BCUT2D eigenvalue weighted by atomic mass is 32.1. The fourth-order valence-corrected chi connectivity index (χ4v) is 3.17. The number of rotatable bonds is 7. The van der Waals surface area contributed by atoms with Gasteiger partial charge in [-0.2, -0.15) is 9.36 Å². The molecule has 0 spiro atoms. The van der Waals surface area contributed by atoms with Gasteiger partial charge in [0.2, 0.25) is 5.13 Å². The van der Waals surface area contributed by atoms with Crippen molar-refractivity contribution in [3.05, 3.63) is 40.7 Å². The van der Waals surface area contributed by atoms with Crippen LogP contribution in [0.2, 0.25) is 0 Å². The molecule has 3 rings (SSSR count). The third-order valence-corrected chi connectivity index (χ3v) is 4.61. The normalized spacial score (nSPS) is 12.9. The molecule has 1 aromatic heterocycles. The molecular weight excluding hydrogens is 388 g/mol. The van der Waals surface area contributed by atoms with Gasteiger partial charge in [-0.25, -0.2) is 4.79 Å². The Morgan fingerprint density at radius 3 is 2.64 bits per heavy atom. The largest absolute Gasteiger partial charge is 0.463 e. The predicted octanol–water partition coefficient (Wildman–Crippen LogP) is 1.21. The first kappa shape index (κ1) is 19.6. The summed E-state index contributed by atoms with van der Waals surface area (Å²) < 4.78 is 13.2. The maximum absolute atomic E-state index is 12.5. The van der Waals surface area contributed by atoms with Crippen LogP contribution >= 0.6 is 11.5 Å². The van der Waals surface area contributed by atoms with Crippen molar-refractivity contribution in [1.82, 2.24) is 14.3 Å². The smallest absolute Gasteiger partial charge is 0.377 e. The summed E-state index contributed by atoms with van der Waals surface area (Å²) in [7, 11) is 2.74. The number of ether oxygens (including phenoxy) is 2. The van der Waals surface area contributed by atoms with E-state index in [-0.39, 0.29) is 34.2 Å². The Morgan fingerprint density at radius 1 is 1.18 bits per heavy atom. The molecule has 0 saturated carbocycles. The van der Waals surface area contributed by atoms with Crippen molar-refractivity contribution in [2.75, 3.05) is 32.7 Å². The van der Waals surface area contributed by atoms with Gasteiger partial charge in [-0.3, -0.25) is 24.6 Å². The van der Waals surface area contributed by atoms with E-state index in [4.69, 9.17) is 4.74 Å². The standard InChI is InChI=1S/C17H16N4O6S/c1-26-7-3-6-21-14(23)10-5-4-9(8-11(10)15(21)24)13(22)19-17-18-12(20-28-17)16(25)27-2/h4-5,8H,3,6-7H2,1-2H3,(H,18,19,20,22). The molecule has 0 saturated heterocycles. The summed E-state index contributed by atoms with van der Waals surface area (Å²) >= 11 is 0.819. The molecule has 0 atom stereocenters. The second-order valence-corrected chi connectivity index (χ2v) is 6.49. The van der Waals surface area contributed by atoms with Crippen molar-refractivity contribution >= 4 is 40.4 Å². The van der Waals surface area contributed by atoms with Crippen molar-refractivity contribution in [2.24, 2.45) is 0 Å². The number of nitrogens with zero attached hydrogens (tertiary/aromatic N) is 3. The SMILES string of the molecule is COCCCN1C(=O)c2ccc(C(=O)Nc3nc(C(=O)OC)ns3)cc2C1=O. The number of carbonyl (C=O) groups excluding carboxylic acids is 4. The van der Waals surface area contributed by atoms with Gasteiger partial charge < -0.3 is 9.47 Å². The van der Waals surface area contributed by atoms with Crippen LogP contribution in [0.1, 0.15) is 48.1 Å². The van der Waals surface area contributed by atoms with Crippen LogP contribution in [0.25, 0.3) is 0 Å². The second-order valence-electron chi connectivity index (χ2n) is 5.74. The van der Waals surface area contributed by atoms with Gasteiger partial charge in [0.15, 0.2) is 0 Å². The minimum absolute atomic E-state index is 0.106. The Bertz CT molecular complexity index is 957. The summed E-state index contributed by atoms with van der Waals surface area (Å²) in [6.45, 7) is 0.666. The Balaban J connectivity index is 1.75. The molecule has 0 unspecified atom stereocenters. The van der Waals surface area contributed by atoms with Crippen LogP contribution in [0.4, 0.5) is 5.13 Å². The average molecular weight is 404 g/mol. The number of benzene rings is 1. The van der Waals surface area contributed by atoms with Crippen LogP contribution in [0.5, 0.6) is 0 Å². The van der Waals surface area contributed by atoms with Gasteiger partial charge >= 0.3 is 5.97 Å². The van der Waals surface area contributed by atoms with E-state index in [0.29, 0.717) is 13.0 Å². The molecule has 10 nitrogen and oxygen atoms in total. The fraction of sp³-hybridized carbons (Fsp3) is 0.294. The average Bonchev–Trinajstić information content (AvgIpc) is 3.26. The summed E-state index contributed by atoms with van der Waals surface area (Å²) in [5.74, 6) is -2.27. The van der Waals surface area contributed by atoms with Gasteiger partial charge in [0.25, 0.3) is 23.5 Å². The van der Waals surface area contributed by atoms with Crippen LogP contribution in [-0.2, 0) is 9.47 Å². The number of anilines is 1. The molecule has 146 valence electrons. The minimum Gasteiger partial charge on any atom is -0.463 e. The molecular formula is C17H16N4O6S. The number of aromatic nitrogens is 2. The summed E-state index contributed by atoms with van der Waals surface area (Å²) in [5, 5.41) is 2.61. The van der Waals surface area contributed by atoms with Crippen molar-refractivity contribution in [1.29, 1.82) is 0 Å². The molecule has 3 amide bonds. The lowest BCUT2D eigenvalue weighted by Crippen LogP contribution is -2.31. The van der Waals surface area contributed by atoms with Gasteiger partial charge in [0.1, 0.15) is 0 Å². The first-order valence-electron chi connectivity index (χ1n) is 8.18. The Labute approximate surface area is 163 Å². The molecule has 1 N–H and O–H groups in total. The summed E-state index contributed by atoms with van der Waals surface area (Å²) in [4.78, 5) is 53.7. The lowest BCUT2D eigenvalue weighted by atomic mass is 10.1. The zero-order valence-electron chi connectivity index (χ0n) is 15.1. The van der Waals surface area contributed by atoms with Gasteiger partial charge in [-0.05, 0) is 24.6 Å². The van der Waals surface area contributed by atoms with Crippen molar-refractivity contribution in [2.45, 2.75) is 6.42 Å². The fourth-order valence-electron chi connectivity index (χ4n) is 2.62. The Kier molecular flexibility index (Phi) is 5.76. The van der Waals surface area contributed by atoms with Crippen LogP contribution < -0.4 is 5.32 Å². The van der Waals surface area contributed by atoms with Crippen molar-refractivity contribution in [3.8, 4) is 0 Å². The van der Waals surface area contributed by atoms with E-state index in [2.05, 4.69) is 19.4 Å². The highest BCUT2D eigenvalue weighted by Gasteiger charge is 2.35. The highest BCUT2D eigenvalue weighted by molar-refractivity contribution is 7.10. The van der Waals surface area contributed by atoms with E-state index in [9.17, 15) is 19.2 Å². The third-order valence-electron chi connectivity index (χ3n) is 3.98. The summed E-state index contributed by atoms with van der Waals surface area (Å²) in [6.07, 6.45) is 0.523. The minimum atomic E-state index is -0.716. The molecule has 2 aromatic rings. The van der Waals surface area contributed by atoms with E-state index < -0.39 is 23.7 Å². The molecule has 1 aliphatic heterocycles. The predicted molar refractivity (Wildman–Crippen MR) is 97.5 cm³/mol. The van der Waals surface area contributed by atoms with E-state index in [1.807, 2.05) is 0 Å². The highest BCUT2D eigenvalue weighted by Crippen LogP contribution is 2.25. The van der Waals surface area contributed by atoms with Crippen LogP contribution in [0, 0.1) is 0 Å². The van der Waals surface area contributed by atoms with Crippen LogP contribution in [0.3, 0.4) is 0 Å². The summed E-state index contributed by atoms with van der Waals surface area (Å²) in [6, 6.07) is 4.25. The molecule has 0 radical (unpaired) electrons. The lowest BCUT2D eigenvalue weighted by Gasteiger charge is -2.12. The number of fused-ring (bicyclic) bond motifs is 1. The number of carbonyl (C=O) groups is 4. The molecule has 1 aromatic carbocycles. The number of imide groups is 1. The molecule has 11 heteroatoms. The van der Waals surface area contributed by atoms with Crippen molar-refractivity contribution in [3.63, 3.8) is 0 Å². The monoisotopic (exact) mass is 404 g/mol. The van der Waals surface area contributed by atoms with E-state index in [1.54, 1.807) is 7.11 Å². The Hall–Kier alpha value is -3.18. The van der Waals surface area contributed by atoms with E-state index >= 15 is 0 Å². The van der Waals surface area contributed by atoms with Gasteiger partial charge in [-0.1, -0.05) is 0 Å². The maximum Gasteiger partial charge on any atom is 0.377 e. The van der Waals surface area contributed by atoms with Gasteiger partial charge in [0, 0.05) is 37.4 Å². The lowest BCUT2D eigenvalue weighted by molar-refractivity contribution is 0.0586. The molecule has 2 heterocycles. The third kappa shape index (κ3) is 3.75.